The van der Waals surface area contributed by atoms with Gasteiger partial charge in [-0.15, -0.1) is 11.3 Å². The average molecular weight is 299 g/mol. The molecule has 1 saturated heterocycles. The largest absolute Gasteiger partial charge is 0.312 e. The lowest BCUT2D eigenvalue weighted by Crippen LogP contribution is -2.41. The van der Waals surface area contributed by atoms with Crippen LogP contribution in [0.2, 0.25) is 0 Å². The Bertz CT molecular complexity index is 364. The predicted molar refractivity (Wildman–Crippen MR) is 87.5 cm³/mol. The van der Waals surface area contributed by atoms with Crippen molar-refractivity contribution < 1.29 is 0 Å². The monoisotopic (exact) mass is 298 g/mol. The number of thiazole rings is 1. The first-order chi connectivity index (χ1) is 9.20. The molecular weight excluding hydrogens is 272 g/mol. The van der Waals surface area contributed by atoms with E-state index in [0.717, 1.165) is 18.2 Å². The molecule has 0 radical (unpaired) electrons. The van der Waals surface area contributed by atoms with Crippen LogP contribution in [0, 0.1) is 13.8 Å². The van der Waals surface area contributed by atoms with Crippen molar-refractivity contribution in [2.75, 3.05) is 12.3 Å². The van der Waals surface area contributed by atoms with Gasteiger partial charge in [0, 0.05) is 22.6 Å². The minimum atomic E-state index is 0.607. The molecule has 1 N–H and O–H groups in total. The van der Waals surface area contributed by atoms with Gasteiger partial charge in [0.15, 0.2) is 0 Å². The third kappa shape index (κ3) is 4.47. The number of aromatic nitrogens is 1. The summed E-state index contributed by atoms with van der Waals surface area (Å²) in [5.74, 6) is 1.34. The zero-order valence-corrected chi connectivity index (χ0v) is 14.0. The van der Waals surface area contributed by atoms with Crippen LogP contribution in [-0.4, -0.2) is 28.6 Å². The first-order valence-electron chi connectivity index (χ1n) is 7.48. The van der Waals surface area contributed by atoms with Crippen molar-refractivity contribution >= 4 is 23.1 Å². The zero-order chi connectivity index (χ0) is 13.7. The highest BCUT2D eigenvalue weighted by Gasteiger charge is 2.25. The lowest BCUT2D eigenvalue weighted by atomic mass is 10.0. The third-order valence-corrected chi connectivity index (χ3v) is 6.40. The summed E-state index contributed by atoms with van der Waals surface area (Å²) >= 11 is 4.05. The number of aryl methyl sites for hydroxylation is 2. The molecule has 2 unspecified atom stereocenters. The summed E-state index contributed by atoms with van der Waals surface area (Å²) in [6.07, 6.45) is 6.49. The van der Waals surface area contributed by atoms with E-state index in [2.05, 4.69) is 37.8 Å². The molecule has 1 aliphatic rings. The highest BCUT2D eigenvalue weighted by molar-refractivity contribution is 8.00. The van der Waals surface area contributed by atoms with Crippen LogP contribution in [0.25, 0.3) is 0 Å². The highest BCUT2D eigenvalue weighted by atomic mass is 32.2. The van der Waals surface area contributed by atoms with Crippen molar-refractivity contribution in [1.82, 2.24) is 10.3 Å². The molecule has 0 spiro atoms. The summed E-state index contributed by atoms with van der Waals surface area (Å²) in [5, 5.41) is 5.86. The van der Waals surface area contributed by atoms with Gasteiger partial charge in [-0.05, 0) is 45.4 Å². The van der Waals surface area contributed by atoms with E-state index in [1.54, 1.807) is 0 Å². The number of nitrogens with zero attached hydrogens (tertiary/aromatic N) is 1. The van der Waals surface area contributed by atoms with Crippen LogP contribution in [0.3, 0.4) is 0 Å². The van der Waals surface area contributed by atoms with Gasteiger partial charge in [-0.1, -0.05) is 13.3 Å². The molecule has 4 heteroatoms. The first kappa shape index (κ1) is 15.3. The van der Waals surface area contributed by atoms with Gasteiger partial charge in [-0.2, -0.15) is 11.8 Å². The molecule has 0 saturated carbocycles. The van der Waals surface area contributed by atoms with E-state index in [4.69, 9.17) is 4.98 Å². The fourth-order valence-corrected chi connectivity index (χ4v) is 4.99. The van der Waals surface area contributed by atoms with E-state index in [0.29, 0.717) is 6.04 Å². The Morgan fingerprint density at radius 1 is 1.37 bits per heavy atom. The maximum Gasteiger partial charge on any atom is 0.0946 e. The minimum Gasteiger partial charge on any atom is -0.312 e. The van der Waals surface area contributed by atoms with Crippen molar-refractivity contribution in [3.05, 3.63) is 15.6 Å². The molecule has 19 heavy (non-hydrogen) atoms. The van der Waals surface area contributed by atoms with Crippen LogP contribution in [0.5, 0.6) is 0 Å². The Labute approximate surface area is 125 Å². The van der Waals surface area contributed by atoms with Gasteiger partial charge < -0.3 is 5.32 Å². The molecule has 2 nitrogen and oxygen atoms in total. The Morgan fingerprint density at radius 3 is 2.79 bits per heavy atom. The predicted octanol–water partition coefficient (Wildman–Crippen LogP) is 3.96. The lowest BCUT2D eigenvalue weighted by Gasteiger charge is -2.30. The van der Waals surface area contributed by atoms with E-state index >= 15 is 0 Å². The fraction of sp³-hybridized carbons (Fsp3) is 0.800. The summed E-state index contributed by atoms with van der Waals surface area (Å²) in [7, 11) is 0. The molecule has 2 heterocycles. The normalized spacial score (nSPS) is 21.5. The Balaban J connectivity index is 1.99. The summed E-state index contributed by atoms with van der Waals surface area (Å²) in [6.45, 7) is 7.68. The van der Waals surface area contributed by atoms with E-state index in [1.165, 1.54) is 47.0 Å². The van der Waals surface area contributed by atoms with Gasteiger partial charge in [0.1, 0.15) is 0 Å². The Hall–Kier alpha value is -0.0600. The number of thioether (sulfide) groups is 1. The average Bonchev–Trinajstić information content (AvgIpc) is 2.74. The maximum atomic E-state index is 4.72. The molecule has 0 aliphatic carbocycles. The molecule has 2 atom stereocenters. The molecule has 1 aromatic heterocycles. The topological polar surface area (TPSA) is 24.9 Å². The standard InChI is InChI=1S/C15H26N2S2/c1-4-8-16-13(14-7-5-6-9-18-14)10-15-17-11(2)12(3)19-15/h13-14,16H,4-10H2,1-3H3. The fourth-order valence-electron chi connectivity index (χ4n) is 2.56. The minimum absolute atomic E-state index is 0.607. The molecular formula is C15H26N2S2. The van der Waals surface area contributed by atoms with Gasteiger partial charge >= 0.3 is 0 Å². The molecule has 1 aliphatic heterocycles. The molecule has 1 aromatic rings. The van der Waals surface area contributed by atoms with Crippen LogP contribution in [-0.2, 0) is 6.42 Å². The number of nitrogens with one attached hydrogen (secondary N) is 1. The summed E-state index contributed by atoms with van der Waals surface area (Å²) in [4.78, 5) is 6.10. The molecule has 1 fully saturated rings. The lowest BCUT2D eigenvalue weighted by molar-refractivity contribution is 0.460. The quantitative estimate of drug-likeness (QED) is 0.860. The summed E-state index contributed by atoms with van der Waals surface area (Å²) < 4.78 is 0. The molecule has 0 aromatic carbocycles. The summed E-state index contributed by atoms with van der Waals surface area (Å²) in [5.41, 5.74) is 1.21. The first-order valence-corrected chi connectivity index (χ1v) is 9.35. The Kier molecular flexibility index (Phi) is 6.17. The second kappa shape index (κ2) is 7.65. The van der Waals surface area contributed by atoms with Crippen molar-refractivity contribution in [3.8, 4) is 0 Å². The molecule has 2 rings (SSSR count). The van der Waals surface area contributed by atoms with Crippen LogP contribution in [0.1, 0.15) is 48.2 Å². The number of hydrogen-bond acceptors (Lipinski definition) is 4. The third-order valence-electron chi connectivity index (χ3n) is 3.79. The maximum absolute atomic E-state index is 4.72. The van der Waals surface area contributed by atoms with E-state index < -0.39 is 0 Å². The van der Waals surface area contributed by atoms with Crippen molar-refractivity contribution in [1.29, 1.82) is 0 Å². The van der Waals surface area contributed by atoms with Crippen molar-refractivity contribution in [3.63, 3.8) is 0 Å². The van der Waals surface area contributed by atoms with E-state index in [9.17, 15) is 0 Å². The highest BCUT2D eigenvalue weighted by Crippen LogP contribution is 2.30. The number of hydrogen-bond donors (Lipinski definition) is 1. The van der Waals surface area contributed by atoms with Crippen LogP contribution >= 0.6 is 23.1 Å². The van der Waals surface area contributed by atoms with Crippen LogP contribution < -0.4 is 5.32 Å². The van der Waals surface area contributed by atoms with Gasteiger partial charge in [0.05, 0.1) is 10.7 Å². The van der Waals surface area contributed by atoms with Gasteiger partial charge in [-0.3, -0.25) is 0 Å². The van der Waals surface area contributed by atoms with Crippen molar-refractivity contribution in [2.45, 2.75) is 64.2 Å². The second-order valence-electron chi connectivity index (χ2n) is 5.42. The molecule has 0 amide bonds. The summed E-state index contributed by atoms with van der Waals surface area (Å²) in [6, 6.07) is 0.607. The smallest absolute Gasteiger partial charge is 0.0946 e. The second-order valence-corrected chi connectivity index (χ2v) is 8.05. The van der Waals surface area contributed by atoms with Gasteiger partial charge in [-0.25, -0.2) is 4.98 Å². The molecule has 108 valence electrons. The number of rotatable bonds is 6. The SMILES string of the molecule is CCCNC(Cc1nc(C)c(C)s1)C1CCCCS1. The Morgan fingerprint density at radius 2 is 2.21 bits per heavy atom. The van der Waals surface area contributed by atoms with Gasteiger partial charge in [0.2, 0.25) is 0 Å². The van der Waals surface area contributed by atoms with E-state index in [-0.39, 0.29) is 0 Å². The van der Waals surface area contributed by atoms with Crippen LogP contribution in [0.15, 0.2) is 0 Å². The van der Waals surface area contributed by atoms with E-state index in [1.807, 2.05) is 11.3 Å². The van der Waals surface area contributed by atoms with Crippen molar-refractivity contribution in [2.24, 2.45) is 0 Å². The van der Waals surface area contributed by atoms with Crippen LogP contribution in [0.4, 0.5) is 0 Å². The van der Waals surface area contributed by atoms with Gasteiger partial charge in [0.25, 0.3) is 0 Å². The molecule has 0 bridgehead atoms. The zero-order valence-electron chi connectivity index (χ0n) is 12.4.